The summed E-state index contributed by atoms with van der Waals surface area (Å²) in [5.41, 5.74) is 0. The smallest absolute Gasteiger partial charge is 0.0443 e. The Morgan fingerprint density at radius 2 is 0.706 bits per heavy atom. The molecule has 17 heavy (non-hydrogen) atoms. The molecule has 0 aromatic heterocycles. The summed E-state index contributed by atoms with van der Waals surface area (Å²) in [6.45, 7) is 4.74. The molecule has 106 valence electrons. The van der Waals surface area contributed by atoms with E-state index in [1.165, 1.54) is 70.6 Å². The van der Waals surface area contributed by atoms with E-state index in [1.807, 2.05) is 0 Å². The lowest BCUT2D eigenvalue weighted by Gasteiger charge is -2.15. The molecule has 0 spiro atoms. The lowest BCUT2D eigenvalue weighted by molar-refractivity contribution is 0.385. The van der Waals surface area contributed by atoms with Crippen LogP contribution < -0.4 is 0 Å². The lowest BCUT2D eigenvalue weighted by atomic mass is 9.91. The van der Waals surface area contributed by atoms with E-state index >= 15 is 0 Å². The van der Waals surface area contributed by atoms with Crippen molar-refractivity contribution in [2.75, 3.05) is 0 Å². The summed E-state index contributed by atoms with van der Waals surface area (Å²) >= 11 is 0. The van der Waals surface area contributed by atoms with Gasteiger partial charge in [-0.3, -0.25) is 0 Å². The van der Waals surface area contributed by atoms with Crippen LogP contribution in [0.15, 0.2) is 0 Å². The molecule has 0 aromatic rings. The van der Waals surface area contributed by atoms with Crippen LogP contribution in [0.25, 0.3) is 0 Å². The van der Waals surface area contributed by atoms with Crippen LogP contribution in [0.2, 0.25) is 0 Å². The Balaban J connectivity index is 0. The minimum absolute atomic E-state index is 0. The third-order valence-electron chi connectivity index (χ3n) is 4.04. The predicted octanol–water partition coefficient (Wildman–Crippen LogP) is 6.84. The first-order valence-corrected chi connectivity index (χ1v) is 7.29. The number of hydrogen-bond donors (Lipinski definition) is 0. The topological polar surface area (TPSA) is 0 Å². The average molecular weight is 242 g/mol. The van der Waals surface area contributed by atoms with Gasteiger partial charge in [0, 0.05) is 0 Å². The van der Waals surface area contributed by atoms with Crippen molar-refractivity contribution in [3.05, 3.63) is 0 Å². The summed E-state index contributed by atoms with van der Waals surface area (Å²) in [4.78, 5) is 0. The standard InChI is InChI=1S/C8H16.C7H14.2CH4/c1-8-6-4-2-3-5-7-8;1-7-5-3-2-4-6-7;;/h8H,2-7H2,1H3;7H,2-6H2,1H3;2*1H4. The van der Waals surface area contributed by atoms with Crippen molar-refractivity contribution >= 4 is 0 Å². The van der Waals surface area contributed by atoms with E-state index in [0.29, 0.717) is 0 Å². The van der Waals surface area contributed by atoms with Crippen molar-refractivity contribution in [2.45, 2.75) is 99.3 Å². The monoisotopic (exact) mass is 242 g/mol. The first-order chi connectivity index (χ1) is 7.29. The molecule has 0 atom stereocenters. The fourth-order valence-electron chi connectivity index (χ4n) is 2.79. The SMILES string of the molecule is C.C.CC1CCCCC1.CC1CCCCCC1. The van der Waals surface area contributed by atoms with Gasteiger partial charge in [0.2, 0.25) is 0 Å². The van der Waals surface area contributed by atoms with E-state index in [4.69, 9.17) is 0 Å². The van der Waals surface area contributed by atoms with E-state index in [0.717, 1.165) is 11.8 Å². The van der Waals surface area contributed by atoms with Crippen molar-refractivity contribution in [3.63, 3.8) is 0 Å². The zero-order chi connectivity index (χ0) is 10.9. The summed E-state index contributed by atoms with van der Waals surface area (Å²) in [7, 11) is 0. The second-order valence-corrected chi connectivity index (χ2v) is 5.84. The zero-order valence-electron chi connectivity index (χ0n) is 10.9. The second-order valence-electron chi connectivity index (χ2n) is 5.84. The van der Waals surface area contributed by atoms with Gasteiger partial charge in [0.15, 0.2) is 0 Å². The first kappa shape index (κ1) is 19.3. The molecule has 0 aromatic carbocycles. The van der Waals surface area contributed by atoms with Gasteiger partial charge < -0.3 is 0 Å². The molecule has 2 rings (SSSR count). The Morgan fingerprint density at radius 3 is 1.00 bits per heavy atom. The predicted molar refractivity (Wildman–Crippen MR) is 82.6 cm³/mol. The number of rotatable bonds is 0. The van der Waals surface area contributed by atoms with Crippen molar-refractivity contribution in [2.24, 2.45) is 11.8 Å². The minimum Gasteiger partial charge on any atom is -0.0776 e. The molecular weight excluding hydrogens is 204 g/mol. The van der Waals surface area contributed by atoms with Crippen LogP contribution in [-0.2, 0) is 0 Å². The van der Waals surface area contributed by atoms with E-state index < -0.39 is 0 Å². The van der Waals surface area contributed by atoms with Crippen LogP contribution in [-0.4, -0.2) is 0 Å². The quantitative estimate of drug-likeness (QED) is 0.408. The van der Waals surface area contributed by atoms with Gasteiger partial charge in [0.25, 0.3) is 0 Å². The lowest BCUT2D eigenvalue weighted by Crippen LogP contribution is -1.99. The molecule has 0 nitrogen and oxygen atoms in total. The second kappa shape index (κ2) is 12.5. The molecule has 0 heterocycles. The highest BCUT2D eigenvalue weighted by atomic mass is 14.1. The highest BCUT2D eigenvalue weighted by Gasteiger charge is 2.06. The Bertz CT molecular complexity index is 125. The van der Waals surface area contributed by atoms with Crippen LogP contribution in [0.5, 0.6) is 0 Å². The summed E-state index contributed by atoms with van der Waals surface area (Å²) in [6.07, 6.45) is 16.4. The molecule has 2 aliphatic rings. The highest BCUT2D eigenvalue weighted by Crippen LogP contribution is 2.22. The Morgan fingerprint density at radius 1 is 0.471 bits per heavy atom. The third-order valence-corrected chi connectivity index (χ3v) is 4.04. The van der Waals surface area contributed by atoms with Crippen molar-refractivity contribution < 1.29 is 0 Å². The normalized spacial score (nSPS) is 22.2. The summed E-state index contributed by atoms with van der Waals surface area (Å²) < 4.78 is 0. The van der Waals surface area contributed by atoms with E-state index in [-0.39, 0.29) is 14.9 Å². The molecule has 0 heteroatoms. The van der Waals surface area contributed by atoms with E-state index in [1.54, 1.807) is 0 Å². The molecule has 2 aliphatic carbocycles. The minimum atomic E-state index is 0. The molecule has 2 saturated carbocycles. The van der Waals surface area contributed by atoms with Crippen LogP contribution in [0.1, 0.15) is 99.3 Å². The van der Waals surface area contributed by atoms with Gasteiger partial charge in [-0.2, -0.15) is 0 Å². The van der Waals surface area contributed by atoms with Crippen LogP contribution in [0.3, 0.4) is 0 Å². The van der Waals surface area contributed by atoms with Crippen molar-refractivity contribution in [3.8, 4) is 0 Å². The Hall–Kier alpha value is 0. The highest BCUT2D eigenvalue weighted by molar-refractivity contribution is 4.60. The maximum Gasteiger partial charge on any atom is -0.0443 e. The molecule has 2 fully saturated rings. The Labute approximate surface area is 112 Å². The van der Waals surface area contributed by atoms with Crippen molar-refractivity contribution in [1.82, 2.24) is 0 Å². The van der Waals surface area contributed by atoms with Gasteiger partial charge >= 0.3 is 0 Å². The molecule has 0 aliphatic heterocycles. The Kier molecular flexibility index (Phi) is 14.2. The fraction of sp³-hybridized carbons (Fsp3) is 1.00. The van der Waals surface area contributed by atoms with Gasteiger partial charge in [0.05, 0.1) is 0 Å². The molecule has 0 unspecified atom stereocenters. The first-order valence-electron chi connectivity index (χ1n) is 7.29. The molecule has 0 radical (unpaired) electrons. The van der Waals surface area contributed by atoms with Crippen LogP contribution in [0, 0.1) is 11.8 Å². The average Bonchev–Trinajstić information content (AvgIpc) is 2.48. The summed E-state index contributed by atoms with van der Waals surface area (Å²) in [5.74, 6) is 2.06. The number of hydrogen-bond acceptors (Lipinski definition) is 0. The van der Waals surface area contributed by atoms with Gasteiger partial charge in [0.1, 0.15) is 0 Å². The molecule has 0 bridgehead atoms. The molecular formula is C17H38. The van der Waals surface area contributed by atoms with Crippen LogP contribution >= 0.6 is 0 Å². The van der Waals surface area contributed by atoms with Crippen LogP contribution in [0.4, 0.5) is 0 Å². The van der Waals surface area contributed by atoms with E-state index in [2.05, 4.69) is 13.8 Å². The summed E-state index contributed by atoms with van der Waals surface area (Å²) in [5, 5.41) is 0. The van der Waals surface area contributed by atoms with Crippen molar-refractivity contribution in [1.29, 1.82) is 0 Å². The third kappa shape index (κ3) is 10.9. The van der Waals surface area contributed by atoms with Gasteiger partial charge in [-0.25, -0.2) is 0 Å². The molecule has 0 amide bonds. The van der Waals surface area contributed by atoms with E-state index in [9.17, 15) is 0 Å². The molecule has 0 N–H and O–H groups in total. The molecule has 0 saturated heterocycles. The zero-order valence-corrected chi connectivity index (χ0v) is 10.9. The van der Waals surface area contributed by atoms with Gasteiger partial charge in [-0.15, -0.1) is 0 Å². The van der Waals surface area contributed by atoms with Gasteiger partial charge in [-0.05, 0) is 11.8 Å². The summed E-state index contributed by atoms with van der Waals surface area (Å²) in [6, 6.07) is 0. The maximum absolute atomic E-state index is 2.38. The van der Waals surface area contributed by atoms with Gasteiger partial charge in [-0.1, -0.05) is 99.3 Å². The fourth-order valence-corrected chi connectivity index (χ4v) is 2.79. The maximum atomic E-state index is 2.38. The largest absolute Gasteiger partial charge is 0.0776 e.